The minimum Gasteiger partial charge on any atom is -0.820 e. The molecule has 3 nitrogen and oxygen atoms in total. The molecule has 0 fully saturated rings. The van der Waals surface area contributed by atoms with Crippen LogP contribution >= 0.6 is 8.60 Å². The fourth-order valence-electron chi connectivity index (χ4n) is 2.79. The van der Waals surface area contributed by atoms with E-state index in [9.17, 15) is 9.79 Å². The monoisotopic (exact) mass is 372 g/mol. The zero-order chi connectivity index (χ0) is 16.3. The van der Waals surface area contributed by atoms with Gasteiger partial charge in [0.05, 0.1) is 0 Å². The van der Waals surface area contributed by atoms with Crippen molar-refractivity contribution in [1.82, 2.24) is 0 Å². The summed E-state index contributed by atoms with van der Waals surface area (Å²) in [5.41, 5.74) is 0. The van der Waals surface area contributed by atoms with Gasteiger partial charge in [0.25, 0.3) is 0 Å². The molecule has 0 unspecified atom stereocenters. The van der Waals surface area contributed by atoms with Gasteiger partial charge in [0, 0.05) is 6.61 Å². The Hall–Kier alpha value is 1.57. The van der Waals surface area contributed by atoms with Gasteiger partial charge in [-0.25, -0.2) is 0 Å². The molecule has 0 bridgehead atoms. The van der Waals surface area contributed by atoms with Gasteiger partial charge >= 0.3 is 37.7 Å². The maximum Gasteiger partial charge on any atom is 2.00 e. The number of unbranched alkanes of at least 4 members (excludes halogenated alkanes) is 15. The number of hydrogen-bond acceptors (Lipinski definition) is 3. The first-order valence-corrected chi connectivity index (χ1v) is 10.6. The molecule has 5 heteroatoms. The van der Waals surface area contributed by atoms with Gasteiger partial charge in [-0.3, -0.25) is 0 Å². The molecule has 0 aliphatic carbocycles. The second kappa shape index (κ2) is 23.6. The van der Waals surface area contributed by atoms with E-state index in [2.05, 4.69) is 11.4 Å². The van der Waals surface area contributed by atoms with Crippen molar-refractivity contribution in [3.8, 4) is 0 Å². The Morgan fingerprint density at radius 3 is 1.17 bits per heavy atom. The van der Waals surface area contributed by atoms with Crippen molar-refractivity contribution in [2.45, 2.75) is 110 Å². The second-order valence-electron chi connectivity index (χ2n) is 6.36. The average Bonchev–Trinajstić information content (AvgIpc) is 2.50. The third-order valence-corrected chi connectivity index (χ3v) is 4.59. The van der Waals surface area contributed by atoms with Crippen LogP contribution < -0.4 is 9.79 Å². The summed E-state index contributed by atoms with van der Waals surface area (Å²) in [6.45, 7) is 2.63. The van der Waals surface area contributed by atoms with E-state index < -0.39 is 8.60 Å². The van der Waals surface area contributed by atoms with Crippen LogP contribution in [0, 0.1) is 0 Å². The molecule has 0 radical (unpaired) electrons. The van der Waals surface area contributed by atoms with Crippen molar-refractivity contribution in [2.24, 2.45) is 0 Å². The smallest absolute Gasteiger partial charge is 0.820 e. The van der Waals surface area contributed by atoms with Gasteiger partial charge in [0.2, 0.25) is 0 Å². The normalized spacial score (nSPS) is 11.0. The van der Waals surface area contributed by atoms with Crippen molar-refractivity contribution in [2.75, 3.05) is 6.61 Å². The summed E-state index contributed by atoms with van der Waals surface area (Å²) in [5, 5.41) is 0. The van der Waals surface area contributed by atoms with Crippen molar-refractivity contribution in [3.63, 3.8) is 0 Å². The van der Waals surface area contributed by atoms with E-state index in [1.807, 2.05) is 0 Å². The molecule has 0 spiro atoms. The summed E-state index contributed by atoms with van der Waals surface area (Å²) < 4.78 is 4.51. The fourth-order valence-corrected chi connectivity index (χ4v) is 3.07. The molecule has 0 aromatic heterocycles. The molecule has 0 aliphatic rings. The van der Waals surface area contributed by atoms with Gasteiger partial charge in [-0.2, -0.15) is 8.60 Å². The van der Waals surface area contributed by atoms with E-state index in [4.69, 9.17) is 0 Å². The van der Waals surface area contributed by atoms with Crippen LogP contribution in [0.4, 0.5) is 0 Å². The van der Waals surface area contributed by atoms with Gasteiger partial charge in [0.15, 0.2) is 0 Å². The van der Waals surface area contributed by atoms with E-state index in [-0.39, 0.29) is 37.7 Å². The Labute approximate surface area is 176 Å². The van der Waals surface area contributed by atoms with E-state index in [1.165, 1.54) is 89.9 Å². The number of rotatable bonds is 18. The van der Waals surface area contributed by atoms with Crippen molar-refractivity contribution < 1.29 is 14.3 Å². The molecular formula is C18H37CaO3P. The quantitative estimate of drug-likeness (QED) is 0.197. The summed E-state index contributed by atoms with van der Waals surface area (Å²) in [6.07, 6.45) is 21.2. The zero-order valence-electron chi connectivity index (χ0n) is 15.4. The van der Waals surface area contributed by atoms with E-state index in [0.717, 1.165) is 12.8 Å². The van der Waals surface area contributed by atoms with Crippen molar-refractivity contribution in [3.05, 3.63) is 0 Å². The van der Waals surface area contributed by atoms with Crippen LogP contribution in [0.5, 0.6) is 0 Å². The van der Waals surface area contributed by atoms with Crippen LogP contribution in [0.1, 0.15) is 110 Å². The van der Waals surface area contributed by atoms with Gasteiger partial charge in [-0.1, -0.05) is 103 Å². The Balaban J connectivity index is 0. The van der Waals surface area contributed by atoms with Crippen LogP contribution in [-0.2, 0) is 4.52 Å². The first kappa shape index (κ1) is 26.8. The molecule has 0 saturated heterocycles. The summed E-state index contributed by atoms with van der Waals surface area (Å²) >= 11 is 0. The molecule has 0 aromatic carbocycles. The summed E-state index contributed by atoms with van der Waals surface area (Å²) in [4.78, 5) is 20.3. The van der Waals surface area contributed by atoms with Crippen LogP contribution in [-0.4, -0.2) is 44.3 Å². The molecule has 0 amide bonds. The molecule has 23 heavy (non-hydrogen) atoms. The summed E-state index contributed by atoms with van der Waals surface area (Å²) in [6, 6.07) is 0. The van der Waals surface area contributed by atoms with E-state index in [1.54, 1.807) is 0 Å². The first-order chi connectivity index (χ1) is 10.8. The van der Waals surface area contributed by atoms with Gasteiger partial charge in [0.1, 0.15) is 0 Å². The Morgan fingerprint density at radius 2 is 0.870 bits per heavy atom. The van der Waals surface area contributed by atoms with E-state index >= 15 is 0 Å². The van der Waals surface area contributed by atoms with Crippen LogP contribution in [0.2, 0.25) is 0 Å². The van der Waals surface area contributed by atoms with Crippen LogP contribution in [0.3, 0.4) is 0 Å². The molecular weight excluding hydrogens is 335 g/mol. The van der Waals surface area contributed by atoms with Gasteiger partial charge in [-0.05, 0) is 6.42 Å². The van der Waals surface area contributed by atoms with Gasteiger partial charge in [-0.15, -0.1) is 0 Å². The summed E-state index contributed by atoms with van der Waals surface area (Å²) in [5.74, 6) is 0. The maximum atomic E-state index is 10.2. The predicted octanol–water partition coefficient (Wildman–Crippen LogP) is 4.83. The third-order valence-electron chi connectivity index (χ3n) is 4.19. The van der Waals surface area contributed by atoms with Crippen LogP contribution in [0.25, 0.3) is 0 Å². The van der Waals surface area contributed by atoms with Crippen molar-refractivity contribution >= 4 is 46.3 Å². The molecule has 0 N–H and O–H groups in total. The molecule has 0 saturated carbocycles. The fraction of sp³-hybridized carbons (Fsp3) is 1.00. The van der Waals surface area contributed by atoms with Gasteiger partial charge < -0.3 is 14.3 Å². The second-order valence-corrected chi connectivity index (χ2v) is 7.07. The Kier molecular flexibility index (Phi) is 27.5. The van der Waals surface area contributed by atoms with Crippen LogP contribution in [0.15, 0.2) is 0 Å². The average molecular weight is 373 g/mol. The largest absolute Gasteiger partial charge is 2.00 e. The molecule has 0 atom stereocenters. The SMILES string of the molecule is CCCCCCCCCCCCCCCCCCOP([O-])[O-].[Ca+2]. The van der Waals surface area contributed by atoms with Crippen molar-refractivity contribution in [1.29, 1.82) is 0 Å². The Morgan fingerprint density at radius 1 is 0.565 bits per heavy atom. The standard InChI is InChI=1S/C18H37O3P.Ca/c1-2-3-4-5-6-7-8-9-10-11-12-13-14-15-16-17-18-21-22(19)20;/h2-18H2,1H3;/q-2;+2. The predicted molar refractivity (Wildman–Crippen MR) is 98.2 cm³/mol. The zero-order valence-corrected chi connectivity index (χ0v) is 18.5. The first-order valence-electron chi connectivity index (χ1n) is 9.54. The van der Waals surface area contributed by atoms with E-state index in [0.29, 0.717) is 6.61 Å². The molecule has 134 valence electrons. The molecule has 0 aromatic rings. The summed E-state index contributed by atoms with van der Waals surface area (Å²) in [7, 11) is -2.64. The molecule has 0 aliphatic heterocycles. The Bertz CT molecular complexity index is 207. The molecule has 0 rings (SSSR count). The molecule has 0 heterocycles. The minimum atomic E-state index is -2.64. The topological polar surface area (TPSA) is 55.3 Å². The number of hydrogen-bond donors (Lipinski definition) is 0. The minimum absolute atomic E-state index is 0. The third kappa shape index (κ3) is 25.9. The maximum absolute atomic E-state index is 10.2.